The van der Waals surface area contributed by atoms with Crippen molar-refractivity contribution in [2.45, 2.75) is 276 Å². The number of carbonyl (C=O) groups is 1. The maximum absolute atomic E-state index is 12.4. The monoisotopic (exact) mass is 766 g/mol. The molecule has 5 N–H and O–H groups in total. The smallest absolute Gasteiger partial charge is 0.220 e. The van der Waals surface area contributed by atoms with Gasteiger partial charge in [-0.2, -0.15) is 0 Å². The zero-order valence-electron chi connectivity index (χ0n) is 36.1. The Hall–Kier alpha value is -0.950. The molecule has 0 rings (SSSR count). The molecule has 0 aliphatic heterocycles. The van der Waals surface area contributed by atoms with E-state index < -0.39 is 24.9 Å². The molecular formula is C48H95NO5. The standard InChI is InChI=1S/C48H95NO5/c1-2-3-4-5-6-7-8-26-29-32-35-38-41-46(52)48(54)45(44-51)49-47(53)42-39-36-33-30-27-24-22-20-18-16-14-12-10-9-11-13-15-17-19-21-23-25-28-31-34-37-40-43-50/h38,41,45-46,48,50-52,54H,2-37,39-40,42-44H2,1H3,(H,49,53)/b41-38+/t45-,46+,48-/m0/s1. The number of hydrogen-bond acceptors (Lipinski definition) is 5. The van der Waals surface area contributed by atoms with Crippen LogP contribution < -0.4 is 5.32 Å². The first-order valence-electron chi connectivity index (χ1n) is 24.1. The van der Waals surface area contributed by atoms with Crippen molar-refractivity contribution in [2.75, 3.05) is 13.2 Å². The Bertz CT molecular complexity index is 761. The molecule has 0 unspecified atom stereocenters. The summed E-state index contributed by atoms with van der Waals surface area (Å²) in [5.41, 5.74) is 0. The van der Waals surface area contributed by atoms with E-state index in [0.717, 1.165) is 38.5 Å². The predicted molar refractivity (Wildman–Crippen MR) is 233 cm³/mol. The van der Waals surface area contributed by atoms with E-state index >= 15 is 0 Å². The third-order valence-electron chi connectivity index (χ3n) is 11.4. The highest BCUT2D eigenvalue weighted by Gasteiger charge is 2.25. The van der Waals surface area contributed by atoms with E-state index in [1.807, 2.05) is 6.08 Å². The quantitative estimate of drug-likeness (QED) is 0.0313. The zero-order valence-corrected chi connectivity index (χ0v) is 36.1. The Morgan fingerprint density at radius 3 is 1.11 bits per heavy atom. The number of nitrogens with one attached hydrogen (secondary N) is 1. The number of allylic oxidation sites excluding steroid dienone is 1. The molecule has 3 atom stereocenters. The van der Waals surface area contributed by atoms with E-state index in [1.54, 1.807) is 6.08 Å². The number of unbranched alkanes of at least 4 members (excludes halogenated alkanes) is 36. The molecule has 322 valence electrons. The highest BCUT2D eigenvalue weighted by molar-refractivity contribution is 5.76. The number of carbonyl (C=O) groups excluding carboxylic acids is 1. The summed E-state index contributed by atoms with van der Waals surface area (Å²) in [6, 6.07) is -0.857. The Labute approximate surface area is 336 Å². The van der Waals surface area contributed by atoms with Crippen LogP contribution in [0.5, 0.6) is 0 Å². The van der Waals surface area contributed by atoms with E-state index in [1.165, 1.54) is 205 Å². The lowest BCUT2D eigenvalue weighted by atomic mass is 10.0. The maximum Gasteiger partial charge on any atom is 0.220 e. The second-order valence-electron chi connectivity index (χ2n) is 16.8. The second kappa shape index (κ2) is 44.8. The molecule has 0 saturated carbocycles. The number of rotatable bonds is 45. The maximum atomic E-state index is 12.4. The van der Waals surface area contributed by atoms with Gasteiger partial charge in [0.15, 0.2) is 0 Å². The molecule has 0 aliphatic rings. The van der Waals surface area contributed by atoms with Gasteiger partial charge >= 0.3 is 0 Å². The normalized spacial score (nSPS) is 13.5. The van der Waals surface area contributed by atoms with Crippen LogP contribution in [0.2, 0.25) is 0 Å². The molecule has 6 nitrogen and oxygen atoms in total. The van der Waals surface area contributed by atoms with Crippen LogP contribution in [0.3, 0.4) is 0 Å². The average Bonchev–Trinajstić information content (AvgIpc) is 3.18. The fourth-order valence-electron chi connectivity index (χ4n) is 7.67. The lowest BCUT2D eigenvalue weighted by Gasteiger charge is -2.24. The van der Waals surface area contributed by atoms with Crippen molar-refractivity contribution in [3.63, 3.8) is 0 Å². The predicted octanol–water partition coefficient (Wildman–Crippen LogP) is 13.0. The topological polar surface area (TPSA) is 110 Å². The minimum atomic E-state index is -1.22. The molecule has 0 fully saturated rings. The number of aliphatic hydroxyl groups is 4. The molecule has 0 aromatic heterocycles. The third kappa shape index (κ3) is 39.3. The summed E-state index contributed by atoms with van der Waals surface area (Å²) in [5.74, 6) is -0.167. The SMILES string of the molecule is CCCCCCCCCCCC/C=C/[C@@H](O)[C@@H](O)[C@H](CO)NC(=O)CCCCCCCCCCCCCCCCCCCCCCCCCCCCCO. The lowest BCUT2D eigenvalue weighted by Crippen LogP contribution is -2.50. The van der Waals surface area contributed by atoms with Crippen LogP contribution in [0.15, 0.2) is 12.2 Å². The van der Waals surface area contributed by atoms with Gasteiger partial charge < -0.3 is 25.7 Å². The number of amides is 1. The zero-order chi connectivity index (χ0) is 39.4. The molecule has 0 aromatic rings. The Balaban J connectivity index is 3.50. The van der Waals surface area contributed by atoms with E-state index in [4.69, 9.17) is 5.11 Å². The van der Waals surface area contributed by atoms with Crippen LogP contribution in [0, 0.1) is 0 Å². The van der Waals surface area contributed by atoms with Gasteiger partial charge in [0.05, 0.1) is 12.6 Å². The van der Waals surface area contributed by atoms with Gasteiger partial charge in [0.2, 0.25) is 5.91 Å². The summed E-state index contributed by atoms with van der Waals surface area (Å²) in [6.07, 6.45) is 50.9. The molecular weight excluding hydrogens is 671 g/mol. The van der Waals surface area contributed by atoms with Gasteiger partial charge in [-0.15, -0.1) is 0 Å². The van der Waals surface area contributed by atoms with Gasteiger partial charge in [-0.3, -0.25) is 4.79 Å². The van der Waals surface area contributed by atoms with Crippen LogP contribution in [0.1, 0.15) is 257 Å². The molecule has 0 spiro atoms. The fraction of sp³-hybridized carbons (Fsp3) is 0.938. The Morgan fingerprint density at radius 1 is 0.463 bits per heavy atom. The van der Waals surface area contributed by atoms with E-state index in [-0.39, 0.29) is 5.91 Å². The van der Waals surface area contributed by atoms with Crippen molar-refractivity contribution in [1.82, 2.24) is 5.32 Å². The minimum absolute atomic E-state index is 0.167. The van der Waals surface area contributed by atoms with E-state index in [0.29, 0.717) is 13.0 Å². The fourth-order valence-corrected chi connectivity index (χ4v) is 7.67. The number of hydrogen-bond donors (Lipinski definition) is 5. The first-order chi connectivity index (χ1) is 26.6. The van der Waals surface area contributed by atoms with Crippen molar-refractivity contribution in [2.24, 2.45) is 0 Å². The van der Waals surface area contributed by atoms with Crippen molar-refractivity contribution >= 4 is 5.91 Å². The summed E-state index contributed by atoms with van der Waals surface area (Å²) in [6.45, 7) is 2.21. The summed E-state index contributed by atoms with van der Waals surface area (Å²) >= 11 is 0. The lowest BCUT2D eigenvalue weighted by molar-refractivity contribution is -0.123. The Morgan fingerprint density at radius 2 is 0.778 bits per heavy atom. The van der Waals surface area contributed by atoms with Gasteiger partial charge in [0, 0.05) is 13.0 Å². The van der Waals surface area contributed by atoms with Crippen molar-refractivity contribution < 1.29 is 25.2 Å². The molecule has 0 aliphatic carbocycles. The largest absolute Gasteiger partial charge is 0.396 e. The summed E-state index contributed by atoms with van der Waals surface area (Å²) in [7, 11) is 0. The van der Waals surface area contributed by atoms with Crippen LogP contribution in [0.4, 0.5) is 0 Å². The third-order valence-corrected chi connectivity index (χ3v) is 11.4. The molecule has 54 heavy (non-hydrogen) atoms. The van der Waals surface area contributed by atoms with Crippen LogP contribution in [-0.4, -0.2) is 57.8 Å². The van der Waals surface area contributed by atoms with Gasteiger partial charge in [-0.1, -0.05) is 237 Å². The van der Waals surface area contributed by atoms with Gasteiger partial charge in [-0.25, -0.2) is 0 Å². The van der Waals surface area contributed by atoms with Gasteiger partial charge in [0.25, 0.3) is 0 Å². The molecule has 0 aromatic carbocycles. The molecule has 6 heteroatoms. The summed E-state index contributed by atoms with van der Waals surface area (Å²) in [4.78, 5) is 12.4. The molecule has 1 amide bonds. The average molecular weight is 766 g/mol. The molecule has 0 radical (unpaired) electrons. The summed E-state index contributed by atoms with van der Waals surface area (Å²) in [5, 5.41) is 42.2. The highest BCUT2D eigenvalue weighted by atomic mass is 16.3. The summed E-state index contributed by atoms with van der Waals surface area (Å²) < 4.78 is 0. The van der Waals surface area contributed by atoms with Crippen LogP contribution >= 0.6 is 0 Å². The second-order valence-corrected chi connectivity index (χ2v) is 16.8. The first kappa shape index (κ1) is 53.0. The molecule has 0 heterocycles. The molecule has 0 bridgehead atoms. The molecule has 0 saturated heterocycles. The van der Waals surface area contributed by atoms with Crippen LogP contribution in [-0.2, 0) is 4.79 Å². The Kier molecular flexibility index (Phi) is 44.0. The number of aliphatic hydroxyl groups excluding tert-OH is 4. The van der Waals surface area contributed by atoms with E-state index in [9.17, 15) is 20.1 Å². The first-order valence-corrected chi connectivity index (χ1v) is 24.1. The van der Waals surface area contributed by atoms with E-state index in [2.05, 4.69) is 12.2 Å². The van der Waals surface area contributed by atoms with Gasteiger partial charge in [0.1, 0.15) is 12.2 Å². The van der Waals surface area contributed by atoms with Crippen LogP contribution in [0.25, 0.3) is 0 Å². The van der Waals surface area contributed by atoms with Crippen molar-refractivity contribution in [3.05, 3.63) is 12.2 Å². The minimum Gasteiger partial charge on any atom is -0.396 e. The van der Waals surface area contributed by atoms with Crippen molar-refractivity contribution in [3.8, 4) is 0 Å². The van der Waals surface area contributed by atoms with Gasteiger partial charge in [-0.05, 0) is 25.7 Å². The highest BCUT2D eigenvalue weighted by Crippen LogP contribution is 2.17. The van der Waals surface area contributed by atoms with Crippen molar-refractivity contribution in [1.29, 1.82) is 0 Å².